The van der Waals surface area contributed by atoms with Crippen LogP contribution in [0.5, 0.6) is 0 Å². The predicted molar refractivity (Wildman–Crippen MR) is 70.1 cm³/mol. The molecule has 1 aromatic carbocycles. The molecule has 0 radical (unpaired) electrons. The molecule has 1 amide bonds. The van der Waals surface area contributed by atoms with Crippen LogP contribution in [0.3, 0.4) is 0 Å². The van der Waals surface area contributed by atoms with E-state index in [0.717, 1.165) is 0 Å². The van der Waals surface area contributed by atoms with Crippen LogP contribution in [0.15, 0.2) is 18.2 Å². The Bertz CT molecular complexity index is 453. The molecule has 0 aliphatic heterocycles. The molecule has 1 fully saturated rings. The van der Waals surface area contributed by atoms with E-state index < -0.39 is 0 Å². The van der Waals surface area contributed by atoms with Gasteiger partial charge in [-0.2, -0.15) is 0 Å². The average molecular weight is 253 g/mol. The number of carbonyl (C=O) groups is 1. The van der Waals surface area contributed by atoms with Gasteiger partial charge in [-0.15, -0.1) is 0 Å². The van der Waals surface area contributed by atoms with Crippen molar-refractivity contribution in [3.63, 3.8) is 0 Å². The topological polar surface area (TPSA) is 55.1 Å². The van der Waals surface area contributed by atoms with E-state index in [1.54, 1.807) is 18.2 Å². The Kier molecular flexibility index (Phi) is 3.04. The van der Waals surface area contributed by atoms with Crippen LogP contribution in [0.1, 0.15) is 37.0 Å². The number of anilines is 1. The second kappa shape index (κ2) is 4.22. The lowest BCUT2D eigenvalue weighted by Gasteiger charge is -2.26. The summed E-state index contributed by atoms with van der Waals surface area (Å²) in [6.45, 7) is 4.10. The van der Waals surface area contributed by atoms with Crippen LogP contribution in [0.2, 0.25) is 5.02 Å². The summed E-state index contributed by atoms with van der Waals surface area (Å²) in [6.07, 6.45) is 2.37. The molecule has 2 rings (SSSR count). The summed E-state index contributed by atoms with van der Waals surface area (Å²) in [4.78, 5) is 12.1. The minimum Gasteiger partial charge on any atom is -0.399 e. The lowest BCUT2D eigenvalue weighted by molar-refractivity contribution is 0.0903. The molecule has 0 bridgehead atoms. The molecule has 0 aromatic heterocycles. The molecule has 1 aliphatic carbocycles. The standard InChI is InChI=1S/C13H17ClN2O/c1-13(2,8-3-4-8)16-12(17)10-6-5-9(15)7-11(10)14/h5-8H,3-4,15H2,1-2H3,(H,16,17). The number of nitrogens with one attached hydrogen (secondary N) is 1. The first-order valence-corrected chi connectivity index (χ1v) is 6.15. The first-order valence-electron chi connectivity index (χ1n) is 5.77. The maximum absolute atomic E-state index is 12.1. The zero-order chi connectivity index (χ0) is 12.6. The molecule has 0 saturated heterocycles. The van der Waals surface area contributed by atoms with E-state index in [9.17, 15) is 4.79 Å². The van der Waals surface area contributed by atoms with Crippen molar-refractivity contribution in [3.05, 3.63) is 28.8 Å². The van der Waals surface area contributed by atoms with Crippen LogP contribution < -0.4 is 11.1 Å². The molecule has 0 heterocycles. The summed E-state index contributed by atoms with van der Waals surface area (Å²) < 4.78 is 0. The molecular weight excluding hydrogens is 236 g/mol. The lowest BCUT2D eigenvalue weighted by atomic mass is 9.98. The first-order chi connectivity index (χ1) is 7.90. The zero-order valence-electron chi connectivity index (χ0n) is 10.1. The number of carbonyl (C=O) groups excluding carboxylic acids is 1. The normalized spacial score (nSPS) is 15.7. The van der Waals surface area contributed by atoms with Crippen molar-refractivity contribution >= 4 is 23.2 Å². The first kappa shape index (κ1) is 12.2. The molecule has 0 spiro atoms. The van der Waals surface area contributed by atoms with E-state index >= 15 is 0 Å². The van der Waals surface area contributed by atoms with Gasteiger partial charge in [-0.25, -0.2) is 0 Å². The summed E-state index contributed by atoms with van der Waals surface area (Å²) in [5.41, 5.74) is 6.48. The Morgan fingerprint density at radius 3 is 2.65 bits per heavy atom. The molecule has 0 atom stereocenters. The number of nitrogens with two attached hydrogens (primary N) is 1. The maximum Gasteiger partial charge on any atom is 0.253 e. The summed E-state index contributed by atoms with van der Waals surface area (Å²) >= 11 is 6.01. The fraction of sp³-hybridized carbons (Fsp3) is 0.462. The Hall–Kier alpha value is -1.22. The molecule has 3 nitrogen and oxygen atoms in total. The third kappa shape index (κ3) is 2.72. The van der Waals surface area contributed by atoms with Gasteiger partial charge >= 0.3 is 0 Å². The van der Waals surface area contributed by atoms with Gasteiger partial charge in [0.15, 0.2) is 0 Å². The third-order valence-corrected chi connectivity index (χ3v) is 3.58. The smallest absolute Gasteiger partial charge is 0.253 e. The molecule has 17 heavy (non-hydrogen) atoms. The Morgan fingerprint density at radius 2 is 2.12 bits per heavy atom. The van der Waals surface area contributed by atoms with Crippen molar-refractivity contribution in [2.45, 2.75) is 32.2 Å². The van der Waals surface area contributed by atoms with E-state index in [1.165, 1.54) is 12.8 Å². The number of nitrogen functional groups attached to an aromatic ring is 1. The van der Waals surface area contributed by atoms with Crippen LogP contribution in [0, 0.1) is 5.92 Å². The van der Waals surface area contributed by atoms with Gasteiger partial charge in [0.05, 0.1) is 10.6 Å². The molecule has 1 saturated carbocycles. The van der Waals surface area contributed by atoms with Crippen molar-refractivity contribution in [1.29, 1.82) is 0 Å². The maximum atomic E-state index is 12.1. The molecule has 3 N–H and O–H groups in total. The monoisotopic (exact) mass is 252 g/mol. The van der Waals surface area contributed by atoms with Gasteiger partial charge in [0.25, 0.3) is 5.91 Å². The number of rotatable bonds is 3. The predicted octanol–water partition coefficient (Wildman–Crippen LogP) is 2.84. The number of halogens is 1. The number of benzene rings is 1. The van der Waals surface area contributed by atoms with Gasteiger partial charge in [-0.1, -0.05) is 11.6 Å². The Balaban J connectivity index is 2.14. The van der Waals surface area contributed by atoms with Crippen molar-refractivity contribution in [2.75, 3.05) is 5.73 Å². The molecular formula is C13H17ClN2O. The van der Waals surface area contributed by atoms with Crippen LogP contribution >= 0.6 is 11.6 Å². The molecule has 4 heteroatoms. The third-order valence-electron chi connectivity index (χ3n) is 3.27. The highest BCUT2D eigenvalue weighted by molar-refractivity contribution is 6.34. The van der Waals surface area contributed by atoms with E-state index in [0.29, 0.717) is 22.2 Å². The van der Waals surface area contributed by atoms with Gasteiger partial charge < -0.3 is 11.1 Å². The molecule has 1 aromatic rings. The van der Waals surface area contributed by atoms with Crippen LogP contribution in [-0.4, -0.2) is 11.4 Å². The number of hydrogen-bond acceptors (Lipinski definition) is 2. The highest BCUT2D eigenvalue weighted by Gasteiger charge is 2.39. The van der Waals surface area contributed by atoms with Gasteiger partial charge in [-0.05, 0) is 50.8 Å². The second-order valence-electron chi connectivity index (χ2n) is 5.19. The zero-order valence-corrected chi connectivity index (χ0v) is 10.8. The van der Waals surface area contributed by atoms with Crippen molar-refractivity contribution in [3.8, 4) is 0 Å². The van der Waals surface area contributed by atoms with Crippen LogP contribution in [0.25, 0.3) is 0 Å². The van der Waals surface area contributed by atoms with Gasteiger partial charge in [0, 0.05) is 11.2 Å². The highest BCUT2D eigenvalue weighted by atomic mass is 35.5. The van der Waals surface area contributed by atoms with E-state index in [-0.39, 0.29) is 11.4 Å². The number of hydrogen-bond donors (Lipinski definition) is 2. The van der Waals surface area contributed by atoms with Gasteiger partial charge in [0.1, 0.15) is 0 Å². The number of amides is 1. The minimum atomic E-state index is -0.165. The Morgan fingerprint density at radius 1 is 1.47 bits per heavy atom. The molecule has 0 unspecified atom stereocenters. The fourth-order valence-electron chi connectivity index (χ4n) is 1.98. The summed E-state index contributed by atoms with van der Waals surface area (Å²) in [5, 5.41) is 3.43. The summed E-state index contributed by atoms with van der Waals surface area (Å²) in [5.74, 6) is 0.450. The quantitative estimate of drug-likeness (QED) is 0.813. The van der Waals surface area contributed by atoms with Gasteiger partial charge in [0.2, 0.25) is 0 Å². The summed E-state index contributed by atoms with van der Waals surface area (Å²) in [7, 11) is 0. The van der Waals surface area contributed by atoms with Crippen LogP contribution in [-0.2, 0) is 0 Å². The van der Waals surface area contributed by atoms with E-state index in [4.69, 9.17) is 17.3 Å². The summed E-state index contributed by atoms with van der Waals surface area (Å²) in [6, 6.07) is 4.95. The highest BCUT2D eigenvalue weighted by Crippen LogP contribution is 2.39. The van der Waals surface area contributed by atoms with Gasteiger partial charge in [-0.3, -0.25) is 4.79 Å². The lowest BCUT2D eigenvalue weighted by Crippen LogP contribution is -2.45. The van der Waals surface area contributed by atoms with Crippen molar-refractivity contribution in [1.82, 2.24) is 5.32 Å². The second-order valence-corrected chi connectivity index (χ2v) is 5.60. The van der Waals surface area contributed by atoms with E-state index in [1.807, 2.05) is 13.8 Å². The fourth-order valence-corrected chi connectivity index (χ4v) is 2.26. The largest absolute Gasteiger partial charge is 0.399 e. The molecule has 1 aliphatic rings. The van der Waals surface area contributed by atoms with Crippen molar-refractivity contribution in [2.24, 2.45) is 5.92 Å². The van der Waals surface area contributed by atoms with E-state index in [2.05, 4.69) is 5.32 Å². The minimum absolute atomic E-state index is 0.132. The van der Waals surface area contributed by atoms with Crippen molar-refractivity contribution < 1.29 is 4.79 Å². The average Bonchev–Trinajstić information content (AvgIpc) is 2.98. The van der Waals surface area contributed by atoms with Crippen LogP contribution in [0.4, 0.5) is 5.69 Å². The SMILES string of the molecule is CC(C)(NC(=O)c1ccc(N)cc1Cl)C1CC1. The molecule has 92 valence electrons. The Labute approximate surface area is 106 Å².